The largest absolute Gasteiger partial charge is 0.424 e. The Kier molecular flexibility index (Phi) is 8.78. The van der Waals surface area contributed by atoms with Crippen molar-refractivity contribution in [2.24, 2.45) is 0 Å². The highest BCUT2D eigenvalue weighted by Gasteiger charge is 2.28. The van der Waals surface area contributed by atoms with Crippen molar-refractivity contribution in [1.82, 2.24) is 19.5 Å². The second kappa shape index (κ2) is 12.0. The Bertz CT molecular complexity index is 1450. The molecule has 1 heterocycles. The maximum absolute atomic E-state index is 13.3. The molecule has 0 radical (unpaired) electrons. The smallest absolute Gasteiger partial charge is 0.322 e. The first-order chi connectivity index (χ1) is 17.8. The summed E-state index contributed by atoms with van der Waals surface area (Å²) in [6.07, 6.45) is 0. The Labute approximate surface area is 224 Å². The van der Waals surface area contributed by atoms with Gasteiger partial charge >= 0.3 is 6.01 Å². The molecule has 0 aliphatic heterocycles. The maximum atomic E-state index is 13.3. The molecule has 0 saturated carbocycles. The molecule has 1 N–H and O–H groups in total. The summed E-state index contributed by atoms with van der Waals surface area (Å²) in [5, 5.41) is 8.62. The van der Waals surface area contributed by atoms with Gasteiger partial charge in [0.15, 0.2) is 5.82 Å². The number of aromatic nitrogens is 3. The molecule has 0 amide bonds. The van der Waals surface area contributed by atoms with E-state index in [1.807, 2.05) is 37.3 Å². The summed E-state index contributed by atoms with van der Waals surface area (Å²) in [6, 6.07) is 18.1. The summed E-state index contributed by atoms with van der Waals surface area (Å²) < 4.78 is 55.7. The Morgan fingerprint density at radius 2 is 1.73 bits per heavy atom. The van der Waals surface area contributed by atoms with E-state index in [1.165, 1.54) is 42.5 Å². The summed E-state index contributed by atoms with van der Waals surface area (Å²) in [6.45, 7) is 2.40. The highest BCUT2D eigenvalue weighted by atomic mass is 35.5. The first kappa shape index (κ1) is 27.0. The molecular formula is C25H23Cl2FN4O4S. The molecule has 12 heteroatoms. The van der Waals surface area contributed by atoms with Crippen molar-refractivity contribution in [3.05, 3.63) is 100 Å². The van der Waals surface area contributed by atoms with Gasteiger partial charge in [0.2, 0.25) is 10.0 Å². The molecule has 1 atom stereocenters. The van der Waals surface area contributed by atoms with Crippen LogP contribution in [0.25, 0.3) is 0 Å². The Balaban J connectivity index is 1.62. The first-order valence-corrected chi connectivity index (χ1v) is 13.5. The van der Waals surface area contributed by atoms with Crippen LogP contribution in [0.3, 0.4) is 0 Å². The molecule has 194 valence electrons. The molecule has 0 bridgehead atoms. The molecule has 1 aromatic heterocycles. The summed E-state index contributed by atoms with van der Waals surface area (Å²) >= 11 is 12.0. The van der Waals surface area contributed by atoms with Crippen LogP contribution in [0, 0.1) is 5.82 Å². The second-order valence-electron chi connectivity index (χ2n) is 7.89. The number of halogens is 3. The van der Waals surface area contributed by atoms with E-state index >= 15 is 0 Å². The van der Waals surface area contributed by atoms with Crippen LogP contribution in [0.2, 0.25) is 10.0 Å². The minimum atomic E-state index is -4.06. The highest BCUT2D eigenvalue weighted by molar-refractivity contribution is 7.89. The summed E-state index contributed by atoms with van der Waals surface area (Å²) in [4.78, 5) is -0.0692. The van der Waals surface area contributed by atoms with Gasteiger partial charge in [-0.3, -0.25) is 4.57 Å². The lowest BCUT2D eigenvalue weighted by molar-refractivity contribution is 0.101. The number of ether oxygens (including phenoxy) is 2. The number of nitrogens with one attached hydrogen (secondary N) is 1. The van der Waals surface area contributed by atoms with Crippen LogP contribution in [0.4, 0.5) is 4.39 Å². The molecule has 0 saturated heterocycles. The minimum Gasteiger partial charge on any atom is -0.424 e. The average molecular weight is 565 g/mol. The van der Waals surface area contributed by atoms with Crippen LogP contribution in [-0.4, -0.2) is 29.8 Å². The van der Waals surface area contributed by atoms with Crippen LogP contribution in [0.5, 0.6) is 11.8 Å². The predicted octanol–water partition coefficient (Wildman–Crippen LogP) is 5.77. The van der Waals surface area contributed by atoms with Crippen LogP contribution < -0.4 is 9.46 Å². The summed E-state index contributed by atoms with van der Waals surface area (Å²) in [5.74, 6) is 0.219. The zero-order valence-corrected chi connectivity index (χ0v) is 22.0. The fourth-order valence-electron chi connectivity index (χ4n) is 3.47. The van der Waals surface area contributed by atoms with Crippen LogP contribution in [0.15, 0.2) is 77.7 Å². The third-order valence-corrected chi connectivity index (χ3v) is 7.50. The van der Waals surface area contributed by atoms with Gasteiger partial charge in [0.1, 0.15) is 17.6 Å². The van der Waals surface area contributed by atoms with E-state index in [9.17, 15) is 12.8 Å². The first-order valence-electron chi connectivity index (χ1n) is 11.2. The van der Waals surface area contributed by atoms with Gasteiger partial charge in [0.05, 0.1) is 28.2 Å². The van der Waals surface area contributed by atoms with E-state index in [1.54, 1.807) is 4.57 Å². The summed E-state index contributed by atoms with van der Waals surface area (Å²) in [5.41, 5.74) is 0.922. The summed E-state index contributed by atoms with van der Waals surface area (Å²) in [7, 11) is -4.06. The van der Waals surface area contributed by atoms with E-state index in [4.69, 9.17) is 32.7 Å². The van der Waals surface area contributed by atoms with Gasteiger partial charge < -0.3 is 9.47 Å². The third kappa shape index (κ3) is 6.85. The number of nitrogens with zero attached hydrogens (tertiary/aromatic N) is 3. The second-order valence-corrected chi connectivity index (χ2v) is 10.4. The van der Waals surface area contributed by atoms with Gasteiger partial charge in [0, 0.05) is 6.54 Å². The molecule has 8 nitrogen and oxygen atoms in total. The molecule has 3 aromatic carbocycles. The Morgan fingerprint density at radius 1 is 1.00 bits per heavy atom. The van der Waals surface area contributed by atoms with Crippen LogP contribution >= 0.6 is 23.2 Å². The topological polar surface area (TPSA) is 95.3 Å². The Hall–Kier alpha value is -3.02. The zero-order chi connectivity index (χ0) is 26.4. The van der Waals surface area contributed by atoms with Gasteiger partial charge in [0.25, 0.3) is 0 Å². The SMILES string of the molecule is CCn1c(Oc2ccc(F)cc2)nnc1C(COCc1ccccc1)NS(=O)(=O)c1ccc(Cl)c(Cl)c1. The van der Waals surface area contributed by atoms with E-state index < -0.39 is 21.9 Å². The lowest BCUT2D eigenvalue weighted by atomic mass is 10.2. The number of benzene rings is 3. The zero-order valence-electron chi connectivity index (χ0n) is 19.6. The molecule has 37 heavy (non-hydrogen) atoms. The fraction of sp³-hybridized carbons (Fsp3) is 0.200. The van der Waals surface area contributed by atoms with Gasteiger partial charge in [-0.2, -0.15) is 4.72 Å². The van der Waals surface area contributed by atoms with Crippen molar-refractivity contribution < 1.29 is 22.3 Å². The van der Waals surface area contributed by atoms with Crippen molar-refractivity contribution in [1.29, 1.82) is 0 Å². The molecular weight excluding hydrogens is 542 g/mol. The molecule has 0 aliphatic carbocycles. The molecule has 0 aliphatic rings. The van der Waals surface area contributed by atoms with E-state index in [2.05, 4.69) is 14.9 Å². The maximum Gasteiger partial charge on any atom is 0.322 e. The van der Waals surface area contributed by atoms with Crippen molar-refractivity contribution in [3.63, 3.8) is 0 Å². The van der Waals surface area contributed by atoms with Crippen molar-refractivity contribution in [3.8, 4) is 11.8 Å². The monoisotopic (exact) mass is 564 g/mol. The lowest BCUT2D eigenvalue weighted by Gasteiger charge is -2.19. The van der Waals surface area contributed by atoms with Gasteiger partial charge in [-0.1, -0.05) is 58.6 Å². The number of sulfonamides is 1. The molecule has 1 unspecified atom stereocenters. The van der Waals surface area contributed by atoms with E-state index in [0.29, 0.717) is 12.3 Å². The van der Waals surface area contributed by atoms with Gasteiger partial charge in [-0.15, -0.1) is 5.10 Å². The Morgan fingerprint density at radius 3 is 2.41 bits per heavy atom. The van der Waals surface area contributed by atoms with Crippen LogP contribution in [-0.2, 0) is 27.9 Å². The molecule has 0 fully saturated rings. The predicted molar refractivity (Wildman–Crippen MR) is 138 cm³/mol. The average Bonchev–Trinajstić information content (AvgIpc) is 3.29. The molecule has 4 rings (SSSR count). The molecule has 4 aromatic rings. The highest BCUT2D eigenvalue weighted by Crippen LogP contribution is 2.27. The van der Waals surface area contributed by atoms with Gasteiger partial charge in [-0.25, -0.2) is 12.8 Å². The van der Waals surface area contributed by atoms with Crippen molar-refractivity contribution >= 4 is 33.2 Å². The third-order valence-electron chi connectivity index (χ3n) is 5.29. The number of hydrogen-bond donors (Lipinski definition) is 1. The number of rotatable bonds is 11. The molecule has 0 spiro atoms. The van der Waals surface area contributed by atoms with Crippen molar-refractivity contribution in [2.75, 3.05) is 6.61 Å². The van der Waals surface area contributed by atoms with Crippen molar-refractivity contribution in [2.45, 2.75) is 31.0 Å². The standard InChI is InChI=1S/C25H23Cl2FN4O4S/c1-2-32-24(29-30-25(32)36-19-10-8-18(28)9-11-19)23(16-35-15-17-6-4-3-5-7-17)31-37(33,34)20-12-13-21(26)22(27)14-20/h3-14,23,31H,2,15-16H2,1H3. The number of hydrogen-bond acceptors (Lipinski definition) is 6. The normalized spacial score (nSPS) is 12.4. The fourth-order valence-corrected chi connectivity index (χ4v) is 5.04. The van der Waals surface area contributed by atoms with E-state index in [-0.39, 0.29) is 40.0 Å². The quantitative estimate of drug-likeness (QED) is 0.248. The van der Waals surface area contributed by atoms with Crippen LogP contribution in [0.1, 0.15) is 24.4 Å². The minimum absolute atomic E-state index is 0.0515. The lowest BCUT2D eigenvalue weighted by Crippen LogP contribution is -2.33. The van der Waals surface area contributed by atoms with Gasteiger partial charge in [-0.05, 0) is 55.0 Å². The van der Waals surface area contributed by atoms with E-state index in [0.717, 1.165) is 5.56 Å².